The van der Waals surface area contributed by atoms with E-state index in [4.69, 9.17) is 14.2 Å². The first kappa shape index (κ1) is 20.3. The molecule has 0 aromatic heterocycles. The third kappa shape index (κ3) is 5.21. The Labute approximate surface area is 162 Å². The summed E-state index contributed by atoms with van der Waals surface area (Å²) >= 11 is 2.18. The van der Waals surface area contributed by atoms with E-state index in [2.05, 4.69) is 27.5 Å². The van der Waals surface area contributed by atoms with Crippen LogP contribution in [-0.2, 0) is 0 Å². The summed E-state index contributed by atoms with van der Waals surface area (Å²) in [6, 6.07) is 3.39. The van der Waals surface area contributed by atoms with Crippen LogP contribution in [0.4, 0.5) is 0 Å². The predicted molar refractivity (Wildman–Crippen MR) is 105 cm³/mol. The van der Waals surface area contributed by atoms with Gasteiger partial charge in [0.05, 0.1) is 31.4 Å². The number of ether oxygens (including phenoxy) is 3. The summed E-state index contributed by atoms with van der Waals surface area (Å²) in [6.45, 7) is 2.45. The number of rotatable bonds is 8. The number of benzene rings is 1. The fourth-order valence-electron chi connectivity index (χ4n) is 3.07. The second-order valence-corrected chi connectivity index (χ2v) is 7.63. The number of halogens is 1. The first-order valence-electron chi connectivity index (χ1n) is 8.38. The summed E-state index contributed by atoms with van der Waals surface area (Å²) in [5, 5.41) is 9.76. The molecule has 6 nitrogen and oxygen atoms in total. The lowest BCUT2D eigenvalue weighted by atomic mass is 10.0. The summed E-state index contributed by atoms with van der Waals surface area (Å²) in [5.41, 5.74) is 0.448. The lowest BCUT2D eigenvalue weighted by molar-refractivity contribution is 0.0697. The van der Waals surface area contributed by atoms with Crippen molar-refractivity contribution in [1.82, 2.24) is 4.90 Å². The number of carbonyl (C=O) groups excluding carboxylic acids is 1. The highest BCUT2D eigenvalue weighted by Gasteiger charge is 2.27. The molecule has 0 amide bonds. The number of aliphatic hydroxyl groups is 1. The number of β-amino-alcohol motifs (C(OH)–C–C–N with tert-alkyl or cyclic N) is 1. The highest BCUT2D eigenvalue weighted by Crippen LogP contribution is 2.36. The Kier molecular flexibility index (Phi) is 7.77. The maximum Gasteiger partial charge on any atom is 0.183 e. The standard InChI is InChI=1S/C18H26INO5/c1-23-13-9-15(24-2)17(16(10-13)25-3)18(22)14(19)6-8-20-7-4-5-12(21)11-20/h9-10,12,14,21H,4-8,11H2,1-3H3. The lowest BCUT2D eigenvalue weighted by Crippen LogP contribution is -2.39. The topological polar surface area (TPSA) is 68.2 Å². The average Bonchev–Trinajstić information content (AvgIpc) is 2.64. The third-order valence-corrected chi connectivity index (χ3v) is 5.61. The van der Waals surface area contributed by atoms with E-state index in [1.165, 1.54) is 14.2 Å². The number of methoxy groups -OCH3 is 3. The number of aliphatic hydroxyl groups excluding tert-OH is 1. The molecule has 140 valence electrons. The average molecular weight is 463 g/mol. The number of nitrogens with zero attached hydrogens (tertiary/aromatic N) is 1. The van der Waals surface area contributed by atoms with Gasteiger partial charge in [-0.2, -0.15) is 0 Å². The number of likely N-dealkylation sites (tertiary alicyclic amines) is 1. The van der Waals surface area contributed by atoms with E-state index in [0.29, 0.717) is 35.8 Å². The van der Waals surface area contributed by atoms with Gasteiger partial charge in [-0.05, 0) is 32.4 Å². The Bertz CT molecular complexity index is 570. The highest BCUT2D eigenvalue weighted by atomic mass is 127. The number of Topliss-reactive ketones (excluding diaryl/α,β-unsaturated/α-hetero) is 1. The molecule has 25 heavy (non-hydrogen) atoms. The van der Waals surface area contributed by atoms with Crippen molar-refractivity contribution < 1.29 is 24.1 Å². The Hall–Kier alpha value is -1.06. The van der Waals surface area contributed by atoms with Crippen LogP contribution in [0.5, 0.6) is 17.2 Å². The zero-order valence-corrected chi connectivity index (χ0v) is 17.1. The maximum absolute atomic E-state index is 13.0. The van der Waals surface area contributed by atoms with Crippen LogP contribution >= 0.6 is 22.6 Å². The van der Waals surface area contributed by atoms with Crippen molar-refractivity contribution in [2.45, 2.75) is 29.3 Å². The number of ketones is 1. The predicted octanol–water partition coefficient (Wildman–Crippen LogP) is 2.55. The van der Waals surface area contributed by atoms with Gasteiger partial charge in [-0.15, -0.1) is 0 Å². The van der Waals surface area contributed by atoms with Crippen LogP contribution in [0.3, 0.4) is 0 Å². The summed E-state index contributed by atoms with van der Waals surface area (Å²) < 4.78 is 15.8. The van der Waals surface area contributed by atoms with Crippen LogP contribution in [-0.4, -0.2) is 66.8 Å². The van der Waals surface area contributed by atoms with Gasteiger partial charge in [-0.3, -0.25) is 4.79 Å². The van der Waals surface area contributed by atoms with Gasteiger partial charge in [0.1, 0.15) is 22.8 Å². The second-order valence-electron chi connectivity index (χ2n) is 6.12. The third-order valence-electron chi connectivity index (χ3n) is 4.43. The lowest BCUT2D eigenvalue weighted by Gasteiger charge is -2.30. The first-order chi connectivity index (χ1) is 12.0. The van der Waals surface area contributed by atoms with Crippen molar-refractivity contribution in [2.24, 2.45) is 0 Å². The molecule has 1 aromatic carbocycles. The quantitative estimate of drug-likeness (QED) is 0.363. The van der Waals surface area contributed by atoms with Crippen molar-refractivity contribution in [2.75, 3.05) is 41.0 Å². The first-order valence-corrected chi connectivity index (χ1v) is 9.63. The molecule has 0 bridgehead atoms. The molecule has 0 aliphatic carbocycles. The molecule has 2 rings (SSSR count). The molecule has 1 aliphatic rings. The van der Waals surface area contributed by atoms with Gasteiger partial charge >= 0.3 is 0 Å². The molecule has 1 fully saturated rings. The number of hydrogen-bond acceptors (Lipinski definition) is 6. The van der Waals surface area contributed by atoms with Crippen LogP contribution in [0.15, 0.2) is 12.1 Å². The fraction of sp³-hybridized carbons (Fsp3) is 0.611. The Morgan fingerprint density at radius 1 is 1.28 bits per heavy atom. The van der Waals surface area contributed by atoms with E-state index in [9.17, 15) is 9.90 Å². The molecule has 0 saturated carbocycles. The van der Waals surface area contributed by atoms with Gasteiger partial charge in [0.25, 0.3) is 0 Å². The monoisotopic (exact) mass is 463 g/mol. The minimum atomic E-state index is -0.251. The molecule has 0 radical (unpaired) electrons. The van der Waals surface area contributed by atoms with Crippen molar-refractivity contribution in [3.63, 3.8) is 0 Å². The van der Waals surface area contributed by atoms with Crippen LogP contribution in [0, 0.1) is 0 Å². The molecule has 2 atom stereocenters. The normalized spacial score (nSPS) is 19.3. The maximum atomic E-state index is 13.0. The summed E-state index contributed by atoms with van der Waals surface area (Å²) in [5.74, 6) is 1.47. The van der Waals surface area contributed by atoms with Gasteiger partial charge < -0.3 is 24.2 Å². The van der Waals surface area contributed by atoms with E-state index in [1.807, 2.05) is 0 Å². The van der Waals surface area contributed by atoms with Crippen molar-refractivity contribution in [3.05, 3.63) is 17.7 Å². The van der Waals surface area contributed by atoms with E-state index in [1.54, 1.807) is 19.2 Å². The van der Waals surface area contributed by atoms with Gasteiger partial charge in [0.2, 0.25) is 0 Å². The Morgan fingerprint density at radius 3 is 2.44 bits per heavy atom. The van der Waals surface area contributed by atoms with E-state index in [-0.39, 0.29) is 15.8 Å². The Balaban J connectivity index is 2.10. The number of alkyl halides is 1. The minimum absolute atomic E-state index is 0.0190. The molecule has 7 heteroatoms. The number of carbonyl (C=O) groups is 1. The van der Waals surface area contributed by atoms with Gasteiger partial charge in [0.15, 0.2) is 5.78 Å². The number of hydrogen-bond donors (Lipinski definition) is 1. The molecule has 1 saturated heterocycles. The van der Waals surface area contributed by atoms with E-state index in [0.717, 1.165) is 25.9 Å². The molecular weight excluding hydrogens is 437 g/mol. The van der Waals surface area contributed by atoms with Crippen molar-refractivity contribution in [1.29, 1.82) is 0 Å². The van der Waals surface area contributed by atoms with Crippen LogP contribution in [0.1, 0.15) is 29.6 Å². The molecule has 0 spiro atoms. The summed E-state index contributed by atoms with van der Waals surface area (Å²) in [7, 11) is 4.62. The highest BCUT2D eigenvalue weighted by molar-refractivity contribution is 14.1. The smallest absolute Gasteiger partial charge is 0.183 e. The Morgan fingerprint density at radius 2 is 1.92 bits per heavy atom. The number of piperidine rings is 1. The molecular formula is C18H26INO5. The van der Waals surface area contributed by atoms with Crippen LogP contribution in [0.25, 0.3) is 0 Å². The molecule has 1 aromatic rings. The molecule has 2 unspecified atom stereocenters. The molecule has 1 aliphatic heterocycles. The fourth-order valence-corrected chi connectivity index (χ4v) is 3.66. The van der Waals surface area contributed by atoms with E-state index >= 15 is 0 Å². The van der Waals surface area contributed by atoms with E-state index < -0.39 is 0 Å². The molecule has 1 N–H and O–H groups in total. The zero-order valence-electron chi connectivity index (χ0n) is 15.0. The van der Waals surface area contributed by atoms with Crippen LogP contribution in [0.2, 0.25) is 0 Å². The largest absolute Gasteiger partial charge is 0.496 e. The molecule has 1 heterocycles. The minimum Gasteiger partial charge on any atom is -0.496 e. The van der Waals surface area contributed by atoms with Gasteiger partial charge in [-0.25, -0.2) is 0 Å². The van der Waals surface area contributed by atoms with Crippen molar-refractivity contribution in [3.8, 4) is 17.2 Å². The summed E-state index contributed by atoms with van der Waals surface area (Å²) in [6.07, 6.45) is 2.33. The SMILES string of the molecule is COc1cc(OC)c(C(=O)C(I)CCN2CCCC(O)C2)c(OC)c1. The van der Waals surface area contributed by atoms with Crippen LogP contribution < -0.4 is 14.2 Å². The van der Waals surface area contributed by atoms with Gasteiger partial charge in [0, 0.05) is 18.7 Å². The zero-order chi connectivity index (χ0) is 18.4. The summed E-state index contributed by atoms with van der Waals surface area (Å²) in [4.78, 5) is 15.2. The van der Waals surface area contributed by atoms with Gasteiger partial charge in [-0.1, -0.05) is 22.6 Å². The second kappa shape index (κ2) is 9.59. The van der Waals surface area contributed by atoms with Crippen molar-refractivity contribution >= 4 is 28.4 Å².